The van der Waals surface area contributed by atoms with Gasteiger partial charge in [0.05, 0.1) is 0 Å². The van der Waals surface area contributed by atoms with Crippen molar-refractivity contribution in [2.24, 2.45) is 5.84 Å². The zero-order chi connectivity index (χ0) is 10.8. The minimum Gasteiger partial charge on any atom is -0.271 e. The smallest absolute Gasteiger partial charge is 0.00947 e. The normalized spacial score (nSPS) is 5.58. The number of nitrogens with one attached hydrogen (secondary N) is 1. The third-order valence-electron chi connectivity index (χ3n) is 0.394. The zero-order valence-corrected chi connectivity index (χ0v) is 9.78. The summed E-state index contributed by atoms with van der Waals surface area (Å²) in [4.78, 5) is 0. The SMILES string of the molecule is C=CC.CC.CC.CCCNN. The highest BCUT2D eigenvalue weighted by Gasteiger charge is 1.64. The zero-order valence-electron chi connectivity index (χ0n) is 9.78. The van der Waals surface area contributed by atoms with E-state index in [4.69, 9.17) is 5.84 Å². The van der Waals surface area contributed by atoms with Gasteiger partial charge in [0.15, 0.2) is 0 Å². The number of nitrogens with two attached hydrogens (primary N) is 1. The van der Waals surface area contributed by atoms with Gasteiger partial charge in [-0.1, -0.05) is 40.7 Å². The molecule has 0 radical (unpaired) electrons. The highest BCUT2D eigenvalue weighted by molar-refractivity contribution is 4.51. The first-order chi connectivity index (χ1) is 5.83. The molecule has 0 amide bonds. The third-order valence-corrected chi connectivity index (χ3v) is 0.394. The maximum atomic E-state index is 4.89. The van der Waals surface area contributed by atoms with E-state index in [1.165, 1.54) is 0 Å². The fourth-order valence-corrected chi connectivity index (χ4v) is 0.144. The second-order valence-electron chi connectivity index (χ2n) is 1.36. The number of hydrazine groups is 1. The Balaban J connectivity index is -0.0000000397. The van der Waals surface area contributed by atoms with Gasteiger partial charge in [-0.15, -0.1) is 6.58 Å². The second kappa shape index (κ2) is 74.3. The lowest BCUT2D eigenvalue weighted by Gasteiger charge is -1.85. The van der Waals surface area contributed by atoms with E-state index < -0.39 is 0 Å². The summed E-state index contributed by atoms with van der Waals surface area (Å²) < 4.78 is 0. The fraction of sp³-hybridized carbons (Fsp3) is 0.800. The second-order valence-corrected chi connectivity index (χ2v) is 1.36. The summed E-state index contributed by atoms with van der Waals surface area (Å²) in [5.41, 5.74) is 2.52. The van der Waals surface area contributed by atoms with E-state index in [1.807, 2.05) is 34.6 Å². The average molecular weight is 176 g/mol. The quantitative estimate of drug-likeness (QED) is 0.385. The van der Waals surface area contributed by atoms with Crippen LogP contribution in [0.4, 0.5) is 0 Å². The summed E-state index contributed by atoms with van der Waals surface area (Å²) in [5, 5.41) is 0. The molecule has 2 nitrogen and oxygen atoms in total. The van der Waals surface area contributed by atoms with Gasteiger partial charge in [0.2, 0.25) is 0 Å². The van der Waals surface area contributed by atoms with Gasteiger partial charge in [-0.25, -0.2) is 0 Å². The monoisotopic (exact) mass is 176 g/mol. The van der Waals surface area contributed by atoms with Crippen LogP contribution in [-0.4, -0.2) is 6.54 Å². The molecule has 0 aromatic carbocycles. The number of hydrogen-bond acceptors (Lipinski definition) is 2. The van der Waals surface area contributed by atoms with Gasteiger partial charge in [0.1, 0.15) is 0 Å². The maximum absolute atomic E-state index is 4.89. The van der Waals surface area contributed by atoms with Crippen LogP contribution in [0.3, 0.4) is 0 Å². The van der Waals surface area contributed by atoms with Crippen LogP contribution in [-0.2, 0) is 0 Å². The van der Waals surface area contributed by atoms with Gasteiger partial charge in [-0.3, -0.25) is 11.3 Å². The Kier molecular flexibility index (Phi) is 140. The molecule has 78 valence electrons. The van der Waals surface area contributed by atoms with Crippen molar-refractivity contribution in [3.8, 4) is 0 Å². The molecule has 0 aliphatic rings. The Morgan fingerprint density at radius 1 is 1.25 bits per heavy atom. The molecule has 0 bridgehead atoms. The Labute approximate surface area is 79.2 Å². The predicted molar refractivity (Wildman–Crippen MR) is 61.0 cm³/mol. The lowest BCUT2D eigenvalue weighted by Crippen LogP contribution is -2.21. The van der Waals surface area contributed by atoms with Gasteiger partial charge < -0.3 is 0 Å². The maximum Gasteiger partial charge on any atom is 0.00947 e. The summed E-state index contributed by atoms with van der Waals surface area (Å²) in [5.74, 6) is 4.89. The molecule has 0 saturated carbocycles. The molecular formula is C10H28N2. The lowest BCUT2D eigenvalue weighted by molar-refractivity contribution is 0.714. The predicted octanol–water partition coefficient (Wildman–Crippen LogP) is 3.10. The van der Waals surface area contributed by atoms with Gasteiger partial charge in [-0.2, -0.15) is 0 Å². The first-order valence-electron chi connectivity index (χ1n) is 4.83. The standard InChI is InChI=1S/C3H10N2.C3H6.2C2H6/c1-2-3-5-4;1-3-2;2*1-2/h5H,2-4H2,1H3;3H,1H2,2H3;2*1-2H3. The van der Waals surface area contributed by atoms with Crippen LogP contribution in [0.1, 0.15) is 48.0 Å². The summed E-state index contributed by atoms with van der Waals surface area (Å²) in [6, 6.07) is 0. The summed E-state index contributed by atoms with van der Waals surface area (Å²) >= 11 is 0. The lowest BCUT2D eigenvalue weighted by atomic mass is 10.5. The third kappa shape index (κ3) is 263. The van der Waals surface area contributed by atoms with E-state index >= 15 is 0 Å². The van der Waals surface area contributed by atoms with Crippen LogP contribution in [0, 0.1) is 0 Å². The van der Waals surface area contributed by atoms with Crippen LogP contribution in [0.25, 0.3) is 0 Å². The Hall–Kier alpha value is -0.340. The van der Waals surface area contributed by atoms with Gasteiger partial charge in [0, 0.05) is 6.54 Å². The molecule has 2 heteroatoms. The largest absolute Gasteiger partial charge is 0.271 e. The summed E-state index contributed by atoms with van der Waals surface area (Å²) in [6.45, 7) is 16.2. The molecule has 0 aromatic heterocycles. The molecule has 0 rings (SSSR count). The van der Waals surface area contributed by atoms with Crippen molar-refractivity contribution in [2.75, 3.05) is 6.54 Å². The molecule has 12 heavy (non-hydrogen) atoms. The number of hydrogen-bond donors (Lipinski definition) is 2. The van der Waals surface area contributed by atoms with Crippen molar-refractivity contribution in [1.82, 2.24) is 5.43 Å². The minimum absolute atomic E-state index is 0.917. The van der Waals surface area contributed by atoms with Crippen molar-refractivity contribution in [1.29, 1.82) is 0 Å². The van der Waals surface area contributed by atoms with Crippen LogP contribution in [0.2, 0.25) is 0 Å². The van der Waals surface area contributed by atoms with E-state index in [2.05, 4.69) is 18.9 Å². The molecule has 0 aromatic rings. The fourth-order valence-electron chi connectivity index (χ4n) is 0.144. The Bertz CT molecular complexity index is 34.8. The van der Waals surface area contributed by atoms with Gasteiger partial charge in [-0.05, 0) is 13.3 Å². The molecule has 0 aliphatic carbocycles. The van der Waals surface area contributed by atoms with Crippen molar-refractivity contribution >= 4 is 0 Å². The first-order valence-corrected chi connectivity index (χ1v) is 4.83. The first kappa shape index (κ1) is 22.6. The van der Waals surface area contributed by atoms with E-state index in [1.54, 1.807) is 6.08 Å². The van der Waals surface area contributed by atoms with Gasteiger partial charge >= 0.3 is 0 Å². The molecule has 0 saturated heterocycles. The molecule has 0 unspecified atom stereocenters. The molecule has 0 aliphatic heterocycles. The molecule has 0 atom stereocenters. The van der Waals surface area contributed by atoms with Crippen molar-refractivity contribution in [3.63, 3.8) is 0 Å². The van der Waals surface area contributed by atoms with Crippen LogP contribution >= 0.6 is 0 Å². The highest BCUT2D eigenvalue weighted by Crippen LogP contribution is 1.61. The van der Waals surface area contributed by atoms with Crippen molar-refractivity contribution in [3.05, 3.63) is 12.7 Å². The number of allylic oxidation sites excluding steroid dienone is 1. The van der Waals surface area contributed by atoms with Crippen LogP contribution in [0.5, 0.6) is 0 Å². The topological polar surface area (TPSA) is 38.0 Å². The van der Waals surface area contributed by atoms with E-state index in [0.717, 1.165) is 13.0 Å². The average Bonchev–Trinajstić information content (AvgIpc) is 2.14. The highest BCUT2D eigenvalue weighted by atomic mass is 15.2. The van der Waals surface area contributed by atoms with E-state index in [-0.39, 0.29) is 0 Å². The molecule has 0 fully saturated rings. The van der Waals surface area contributed by atoms with Crippen molar-refractivity contribution < 1.29 is 0 Å². The molecular weight excluding hydrogens is 148 g/mol. The minimum atomic E-state index is 0.917. The number of rotatable bonds is 2. The van der Waals surface area contributed by atoms with Crippen LogP contribution < -0.4 is 11.3 Å². The van der Waals surface area contributed by atoms with Gasteiger partial charge in [0.25, 0.3) is 0 Å². The van der Waals surface area contributed by atoms with Crippen molar-refractivity contribution in [2.45, 2.75) is 48.0 Å². The van der Waals surface area contributed by atoms with E-state index in [9.17, 15) is 0 Å². The summed E-state index contributed by atoms with van der Waals surface area (Å²) in [6.07, 6.45) is 2.86. The van der Waals surface area contributed by atoms with Crippen LogP contribution in [0.15, 0.2) is 12.7 Å². The Morgan fingerprint density at radius 3 is 1.50 bits per heavy atom. The Morgan fingerprint density at radius 2 is 1.50 bits per heavy atom. The molecule has 0 spiro atoms. The molecule has 3 N–H and O–H groups in total. The summed E-state index contributed by atoms with van der Waals surface area (Å²) in [7, 11) is 0. The van der Waals surface area contributed by atoms with E-state index in [0.29, 0.717) is 0 Å². The molecule has 0 heterocycles.